The van der Waals surface area contributed by atoms with E-state index in [0.29, 0.717) is 25.9 Å². The van der Waals surface area contributed by atoms with E-state index in [4.69, 9.17) is 4.74 Å². The van der Waals surface area contributed by atoms with Crippen molar-refractivity contribution in [2.45, 2.75) is 114 Å². The fourth-order valence-electron chi connectivity index (χ4n) is 8.14. The maximum Gasteiger partial charge on any atom is 0.411 e. The van der Waals surface area contributed by atoms with Crippen LogP contribution < -0.4 is 16.0 Å². The highest BCUT2D eigenvalue weighted by Crippen LogP contribution is 2.35. The molecule has 8 nitrogen and oxygen atoms in total. The molecule has 0 aromatic heterocycles. The number of benzene rings is 3. The number of hydrogen-bond donors (Lipinski definition) is 3. The van der Waals surface area contributed by atoms with E-state index in [2.05, 4.69) is 70.5 Å². The second-order valence-electron chi connectivity index (χ2n) is 15.1. The number of aryl methyl sites for hydroxylation is 2. The van der Waals surface area contributed by atoms with Crippen LogP contribution in [-0.2, 0) is 40.1 Å². The van der Waals surface area contributed by atoms with Crippen LogP contribution in [0.1, 0.15) is 110 Å². The number of rotatable bonds is 5. The second-order valence-corrected chi connectivity index (χ2v) is 15.1. The largest absolute Gasteiger partial charge is 0.444 e. The molecule has 4 aliphatic rings. The molecular formula is C40H48N4O4. The molecule has 1 saturated heterocycles. The molecule has 3 amide bonds. The summed E-state index contributed by atoms with van der Waals surface area (Å²) in [7, 11) is 0. The van der Waals surface area contributed by atoms with Gasteiger partial charge in [0.15, 0.2) is 0 Å². The van der Waals surface area contributed by atoms with Crippen LogP contribution in [0.4, 0.5) is 4.79 Å². The summed E-state index contributed by atoms with van der Waals surface area (Å²) < 4.78 is 5.83. The number of hydrogen-bond acceptors (Lipinski definition) is 5. The van der Waals surface area contributed by atoms with Crippen LogP contribution in [0.25, 0.3) is 0 Å². The SMILES string of the molecule is CC(C)(C)OC(=O)N1Cc2cc(C3CN[C@H](C(=O)N[C@@H]4CCCc5ccccc54)C3)ccc2CC1C(=O)NC1CCCc2ccccc21. The molecule has 0 spiro atoms. The fraction of sp³-hybridized carbons (Fsp3) is 0.475. The predicted molar refractivity (Wildman–Crippen MR) is 185 cm³/mol. The topological polar surface area (TPSA) is 99.8 Å². The summed E-state index contributed by atoms with van der Waals surface area (Å²) in [5.41, 5.74) is 7.57. The highest BCUT2D eigenvalue weighted by Gasteiger charge is 2.39. The lowest BCUT2D eigenvalue weighted by atomic mass is 9.86. The van der Waals surface area contributed by atoms with E-state index in [1.54, 1.807) is 4.90 Å². The fourth-order valence-corrected chi connectivity index (χ4v) is 8.14. The van der Waals surface area contributed by atoms with Crippen molar-refractivity contribution >= 4 is 17.9 Å². The van der Waals surface area contributed by atoms with Crippen LogP contribution in [0.2, 0.25) is 0 Å². The normalized spacial score (nSPS) is 24.9. The molecule has 3 N–H and O–H groups in total. The number of nitrogens with zero attached hydrogens (tertiary/aromatic N) is 1. The highest BCUT2D eigenvalue weighted by molar-refractivity contribution is 5.87. The summed E-state index contributed by atoms with van der Waals surface area (Å²) in [5.74, 6) is 0.0847. The van der Waals surface area contributed by atoms with E-state index in [1.807, 2.05) is 32.9 Å². The maximum atomic E-state index is 13.9. The molecule has 0 bridgehead atoms. The third-order valence-electron chi connectivity index (χ3n) is 10.6. The van der Waals surface area contributed by atoms with Gasteiger partial charge < -0.3 is 20.7 Å². The summed E-state index contributed by atoms with van der Waals surface area (Å²) >= 11 is 0. The minimum atomic E-state index is -0.687. The van der Waals surface area contributed by atoms with Gasteiger partial charge in [-0.2, -0.15) is 0 Å². The summed E-state index contributed by atoms with van der Waals surface area (Å²) in [5, 5.41) is 10.1. The van der Waals surface area contributed by atoms with Crippen molar-refractivity contribution in [1.29, 1.82) is 0 Å². The van der Waals surface area contributed by atoms with Gasteiger partial charge in [-0.15, -0.1) is 0 Å². The number of nitrogens with one attached hydrogen (secondary N) is 3. The van der Waals surface area contributed by atoms with Gasteiger partial charge in [0.05, 0.1) is 24.7 Å². The zero-order valence-electron chi connectivity index (χ0n) is 28.4. The molecule has 3 aromatic carbocycles. The Hall–Kier alpha value is -4.17. The summed E-state index contributed by atoms with van der Waals surface area (Å²) in [6.07, 6.45) is 6.67. The number of ether oxygens (including phenoxy) is 1. The summed E-state index contributed by atoms with van der Waals surface area (Å²) in [6.45, 7) is 6.55. The zero-order chi connectivity index (χ0) is 33.4. The molecule has 3 unspecified atom stereocenters. The van der Waals surface area contributed by atoms with Crippen molar-refractivity contribution in [1.82, 2.24) is 20.9 Å². The van der Waals surface area contributed by atoms with Crippen LogP contribution in [-0.4, -0.2) is 47.0 Å². The van der Waals surface area contributed by atoms with Gasteiger partial charge in [-0.1, -0.05) is 66.7 Å². The first-order valence-electron chi connectivity index (χ1n) is 17.7. The molecule has 252 valence electrons. The molecule has 48 heavy (non-hydrogen) atoms. The Morgan fingerprint density at radius 3 is 2.06 bits per heavy atom. The molecule has 7 rings (SSSR count). The Morgan fingerprint density at radius 1 is 0.792 bits per heavy atom. The first-order valence-corrected chi connectivity index (χ1v) is 17.7. The van der Waals surface area contributed by atoms with Crippen molar-refractivity contribution in [3.8, 4) is 0 Å². The summed E-state index contributed by atoms with van der Waals surface area (Å²) in [6, 6.07) is 22.2. The van der Waals surface area contributed by atoms with Gasteiger partial charge in [0.25, 0.3) is 0 Å². The van der Waals surface area contributed by atoms with Gasteiger partial charge in [-0.3, -0.25) is 14.5 Å². The Morgan fingerprint density at radius 2 is 1.42 bits per heavy atom. The average molecular weight is 649 g/mol. The molecule has 2 aliphatic carbocycles. The Kier molecular flexibility index (Phi) is 9.03. The zero-order valence-corrected chi connectivity index (χ0v) is 28.4. The summed E-state index contributed by atoms with van der Waals surface area (Å²) in [4.78, 5) is 42.6. The number of carbonyl (C=O) groups excluding carboxylic acids is 3. The molecule has 5 atom stereocenters. The smallest absolute Gasteiger partial charge is 0.411 e. The second kappa shape index (κ2) is 13.4. The van der Waals surface area contributed by atoms with Gasteiger partial charge in [0.2, 0.25) is 11.8 Å². The number of fused-ring (bicyclic) bond motifs is 3. The first-order chi connectivity index (χ1) is 23.1. The Bertz CT molecular complexity index is 1700. The van der Waals surface area contributed by atoms with Crippen LogP contribution >= 0.6 is 0 Å². The molecule has 0 radical (unpaired) electrons. The van der Waals surface area contributed by atoms with Crippen molar-refractivity contribution < 1.29 is 19.1 Å². The minimum Gasteiger partial charge on any atom is -0.444 e. The van der Waals surface area contributed by atoms with Gasteiger partial charge in [0.1, 0.15) is 11.6 Å². The Balaban J connectivity index is 1.06. The van der Waals surface area contributed by atoms with E-state index >= 15 is 0 Å². The van der Waals surface area contributed by atoms with Crippen molar-refractivity contribution in [2.24, 2.45) is 0 Å². The lowest BCUT2D eigenvalue weighted by molar-refractivity contribution is -0.128. The first kappa shape index (κ1) is 32.4. The number of carbonyl (C=O) groups is 3. The number of amides is 3. The molecule has 3 aromatic rings. The van der Waals surface area contributed by atoms with Gasteiger partial charge >= 0.3 is 6.09 Å². The molecule has 0 saturated carbocycles. The predicted octanol–water partition coefficient (Wildman–Crippen LogP) is 6.18. The molecular weight excluding hydrogens is 600 g/mol. The van der Waals surface area contributed by atoms with Crippen LogP contribution in [0.15, 0.2) is 66.7 Å². The third-order valence-corrected chi connectivity index (χ3v) is 10.6. The molecule has 1 fully saturated rings. The van der Waals surface area contributed by atoms with E-state index in [-0.39, 0.29) is 35.9 Å². The third kappa shape index (κ3) is 6.86. The Labute approximate surface area is 284 Å². The quantitative estimate of drug-likeness (QED) is 0.307. The highest BCUT2D eigenvalue weighted by atomic mass is 16.6. The maximum absolute atomic E-state index is 13.9. The molecule has 8 heteroatoms. The minimum absolute atomic E-state index is 0.0581. The lowest BCUT2D eigenvalue weighted by Crippen LogP contribution is -2.54. The van der Waals surface area contributed by atoms with Gasteiger partial charge in [0, 0.05) is 13.0 Å². The van der Waals surface area contributed by atoms with Crippen LogP contribution in [0, 0.1) is 0 Å². The molecule has 2 heterocycles. The van der Waals surface area contributed by atoms with Crippen LogP contribution in [0.5, 0.6) is 0 Å². The average Bonchev–Trinajstić information content (AvgIpc) is 3.58. The van der Waals surface area contributed by atoms with Gasteiger partial charge in [-0.05, 0) is 111 Å². The standard InChI is InChI=1S/C40H48N4O4/c1-40(2,3)48-39(47)44-24-30-20-27(29-21-35(41-23-29)37(45)42-33-16-8-12-25-10-4-6-14-31(25)33)18-19-28(30)22-36(44)38(46)43-34-17-9-13-26-11-5-7-15-32(26)34/h4-7,10-11,14-15,18-20,29,33-36,41H,8-9,12-13,16-17,21-24H2,1-3H3,(H,42,45)(H,43,46)/t29?,33-,34?,35+,36?/m1/s1. The monoisotopic (exact) mass is 648 g/mol. The van der Waals surface area contributed by atoms with Crippen LogP contribution in [0.3, 0.4) is 0 Å². The van der Waals surface area contributed by atoms with E-state index in [1.165, 1.54) is 22.3 Å². The molecule has 2 aliphatic heterocycles. The van der Waals surface area contributed by atoms with Crippen molar-refractivity contribution in [3.63, 3.8) is 0 Å². The van der Waals surface area contributed by atoms with Crippen molar-refractivity contribution in [2.75, 3.05) is 6.54 Å². The van der Waals surface area contributed by atoms with E-state index in [9.17, 15) is 14.4 Å². The van der Waals surface area contributed by atoms with E-state index < -0.39 is 17.7 Å². The van der Waals surface area contributed by atoms with Crippen molar-refractivity contribution in [3.05, 3.63) is 106 Å². The van der Waals surface area contributed by atoms with Gasteiger partial charge in [-0.25, -0.2) is 4.79 Å². The lowest BCUT2D eigenvalue weighted by Gasteiger charge is -2.38. The van der Waals surface area contributed by atoms with E-state index in [0.717, 1.165) is 55.2 Å².